The predicted octanol–water partition coefficient (Wildman–Crippen LogP) is 3.84. The second kappa shape index (κ2) is 5.44. The summed E-state index contributed by atoms with van der Waals surface area (Å²) < 4.78 is 7.00. The van der Waals surface area contributed by atoms with Gasteiger partial charge in [-0.25, -0.2) is 9.78 Å². The number of pyridine rings is 1. The first-order chi connectivity index (χ1) is 9.38. The minimum absolute atomic E-state index is 0.222. The van der Waals surface area contributed by atoms with Crippen molar-refractivity contribution in [3.05, 3.63) is 28.2 Å². The summed E-state index contributed by atoms with van der Waals surface area (Å²) in [5.41, 5.74) is 3.29. The van der Waals surface area contributed by atoms with Crippen LogP contribution in [0.3, 0.4) is 0 Å². The lowest BCUT2D eigenvalue weighted by Gasteiger charge is -2.10. The number of hydrogen-bond acceptors (Lipinski definition) is 3. The van der Waals surface area contributed by atoms with Crippen molar-refractivity contribution in [2.75, 3.05) is 6.61 Å². The Kier molecular flexibility index (Phi) is 4.04. The van der Waals surface area contributed by atoms with Crippen LogP contribution < -0.4 is 0 Å². The van der Waals surface area contributed by atoms with E-state index in [9.17, 15) is 4.79 Å². The number of aromatic nitrogens is 2. The Hall–Kier alpha value is -1.55. The van der Waals surface area contributed by atoms with Crippen molar-refractivity contribution >= 4 is 28.5 Å². The topological polar surface area (TPSA) is 44.1 Å². The van der Waals surface area contributed by atoms with Gasteiger partial charge >= 0.3 is 5.97 Å². The van der Waals surface area contributed by atoms with Gasteiger partial charge in [-0.05, 0) is 31.4 Å². The van der Waals surface area contributed by atoms with Gasteiger partial charge in [0.15, 0.2) is 0 Å². The Labute approximate surface area is 123 Å². The van der Waals surface area contributed by atoms with Gasteiger partial charge in [0, 0.05) is 12.4 Å². The van der Waals surface area contributed by atoms with E-state index in [0.717, 1.165) is 22.2 Å². The molecule has 0 radical (unpaired) electrons. The maximum absolute atomic E-state index is 12.1. The molecule has 0 saturated carbocycles. The molecule has 2 aromatic heterocycles. The SMILES string of the molecule is CCOC(=O)c1c(C)c2cc(Cl)nc(C(C)C)c2n1C. The number of halogens is 1. The van der Waals surface area contributed by atoms with E-state index in [1.807, 2.05) is 18.5 Å². The molecule has 5 heteroatoms. The highest BCUT2D eigenvalue weighted by molar-refractivity contribution is 6.30. The molecule has 0 unspecified atom stereocenters. The standard InChI is InChI=1S/C15H19ClN2O2/c1-6-20-15(19)13-9(4)10-7-11(16)17-12(8(2)3)14(10)18(13)5/h7-8H,6H2,1-5H3. The first-order valence-corrected chi connectivity index (χ1v) is 7.08. The van der Waals surface area contributed by atoms with Gasteiger partial charge < -0.3 is 9.30 Å². The lowest BCUT2D eigenvalue weighted by molar-refractivity contribution is 0.0515. The average Bonchev–Trinajstić information content (AvgIpc) is 2.61. The Morgan fingerprint density at radius 1 is 1.50 bits per heavy atom. The smallest absolute Gasteiger partial charge is 0.355 e. The van der Waals surface area contributed by atoms with Crippen LogP contribution in [-0.4, -0.2) is 22.1 Å². The van der Waals surface area contributed by atoms with Crippen LogP contribution in [-0.2, 0) is 11.8 Å². The van der Waals surface area contributed by atoms with Crippen molar-refractivity contribution in [2.24, 2.45) is 7.05 Å². The van der Waals surface area contributed by atoms with E-state index in [2.05, 4.69) is 18.8 Å². The Balaban J connectivity index is 2.81. The Morgan fingerprint density at radius 3 is 2.70 bits per heavy atom. The van der Waals surface area contributed by atoms with Gasteiger partial charge in [-0.2, -0.15) is 0 Å². The summed E-state index contributed by atoms with van der Waals surface area (Å²) in [5.74, 6) is -0.0891. The van der Waals surface area contributed by atoms with E-state index in [1.165, 1.54) is 0 Å². The van der Waals surface area contributed by atoms with Crippen LogP contribution in [0.1, 0.15) is 48.4 Å². The molecule has 0 amide bonds. The normalized spacial score (nSPS) is 11.3. The summed E-state index contributed by atoms with van der Waals surface area (Å²) in [5, 5.41) is 1.41. The Morgan fingerprint density at radius 2 is 2.15 bits per heavy atom. The predicted molar refractivity (Wildman–Crippen MR) is 80.5 cm³/mol. The number of hydrogen-bond donors (Lipinski definition) is 0. The monoisotopic (exact) mass is 294 g/mol. The van der Waals surface area contributed by atoms with E-state index in [-0.39, 0.29) is 11.9 Å². The number of rotatable bonds is 3. The summed E-state index contributed by atoms with van der Waals surface area (Å²) in [6.07, 6.45) is 0. The van der Waals surface area contributed by atoms with Crippen LogP contribution >= 0.6 is 11.6 Å². The fourth-order valence-electron chi connectivity index (χ4n) is 2.55. The number of fused-ring (bicyclic) bond motifs is 1. The number of ether oxygens (including phenoxy) is 1. The van der Waals surface area contributed by atoms with Gasteiger partial charge in [-0.1, -0.05) is 25.4 Å². The molecular weight excluding hydrogens is 276 g/mol. The van der Waals surface area contributed by atoms with Crippen molar-refractivity contribution in [1.29, 1.82) is 0 Å². The van der Waals surface area contributed by atoms with Crippen molar-refractivity contribution < 1.29 is 9.53 Å². The fourth-order valence-corrected chi connectivity index (χ4v) is 2.75. The summed E-state index contributed by atoms with van der Waals surface area (Å²) in [4.78, 5) is 16.5. The molecule has 4 nitrogen and oxygen atoms in total. The molecule has 2 aromatic rings. The second-order valence-electron chi connectivity index (χ2n) is 5.13. The number of carbonyl (C=O) groups is 1. The van der Waals surface area contributed by atoms with E-state index >= 15 is 0 Å². The highest BCUT2D eigenvalue weighted by Gasteiger charge is 2.23. The lowest BCUT2D eigenvalue weighted by Crippen LogP contribution is -2.11. The summed E-state index contributed by atoms with van der Waals surface area (Å²) in [7, 11) is 1.86. The number of esters is 1. The molecule has 0 aliphatic rings. The zero-order valence-corrected chi connectivity index (χ0v) is 13.2. The highest BCUT2D eigenvalue weighted by atomic mass is 35.5. The molecule has 0 fully saturated rings. The number of nitrogens with zero attached hydrogens (tertiary/aromatic N) is 2. The van der Waals surface area contributed by atoms with E-state index in [4.69, 9.17) is 16.3 Å². The zero-order valence-electron chi connectivity index (χ0n) is 12.5. The minimum atomic E-state index is -0.311. The molecule has 0 bridgehead atoms. The molecule has 0 atom stereocenters. The number of carbonyl (C=O) groups excluding carboxylic acids is 1. The average molecular weight is 295 g/mol. The molecule has 2 heterocycles. The molecule has 0 aliphatic carbocycles. The second-order valence-corrected chi connectivity index (χ2v) is 5.52. The van der Waals surface area contributed by atoms with Crippen molar-refractivity contribution in [3.8, 4) is 0 Å². The van der Waals surface area contributed by atoms with Crippen molar-refractivity contribution in [3.63, 3.8) is 0 Å². The van der Waals surface area contributed by atoms with Crippen LogP contribution in [0.25, 0.3) is 10.9 Å². The van der Waals surface area contributed by atoms with Crippen LogP contribution in [0.5, 0.6) is 0 Å². The van der Waals surface area contributed by atoms with Crippen LogP contribution in [0.4, 0.5) is 0 Å². The molecule has 0 saturated heterocycles. The third-order valence-electron chi connectivity index (χ3n) is 3.43. The molecule has 108 valence electrons. The molecule has 20 heavy (non-hydrogen) atoms. The third kappa shape index (κ3) is 2.29. The van der Waals surface area contributed by atoms with E-state index in [1.54, 1.807) is 13.0 Å². The molecule has 0 aliphatic heterocycles. The fraction of sp³-hybridized carbons (Fsp3) is 0.467. The zero-order chi connectivity index (χ0) is 15.0. The van der Waals surface area contributed by atoms with Gasteiger partial charge in [-0.15, -0.1) is 0 Å². The van der Waals surface area contributed by atoms with Gasteiger partial charge in [-0.3, -0.25) is 0 Å². The van der Waals surface area contributed by atoms with Crippen molar-refractivity contribution in [1.82, 2.24) is 9.55 Å². The molecule has 2 rings (SSSR count). The Bertz CT molecular complexity index is 674. The maximum atomic E-state index is 12.1. The van der Waals surface area contributed by atoms with Gasteiger partial charge in [0.25, 0.3) is 0 Å². The summed E-state index contributed by atoms with van der Waals surface area (Å²) in [6, 6.07) is 1.81. The largest absolute Gasteiger partial charge is 0.461 e. The first kappa shape index (κ1) is 14.9. The maximum Gasteiger partial charge on any atom is 0.355 e. The summed E-state index contributed by atoms with van der Waals surface area (Å²) in [6.45, 7) is 8.19. The van der Waals surface area contributed by atoms with Crippen LogP contribution in [0.15, 0.2) is 6.07 Å². The first-order valence-electron chi connectivity index (χ1n) is 6.71. The quantitative estimate of drug-likeness (QED) is 0.638. The minimum Gasteiger partial charge on any atom is -0.461 e. The van der Waals surface area contributed by atoms with Crippen molar-refractivity contribution in [2.45, 2.75) is 33.6 Å². The van der Waals surface area contributed by atoms with E-state index in [0.29, 0.717) is 17.5 Å². The molecule has 0 aromatic carbocycles. The highest BCUT2D eigenvalue weighted by Crippen LogP contribution is 2.32. The van der Waals surface area contributed by atoms with Crippen LogP contribution in [0, 0.1) is 6.92 Å². The van der Waals surface area contributed by atoms with Crippen LogP contribution in [0.2, 0.25) is 5.15 Å². The third-order valence-corrected chi connectivity index (χ3v) is 3.63. The molecule has 0 N–H and O–H groups in total. The van der Waals surface area contributed by atoms with Gasteiger partial charge in [0.1, 0.15) is 10.8 Å². The van der Waals surface area contributed by atoms with Gasteiger partial charge in [0.05, 0.1) is 17.8 Å². The van der Waals surface area contributed by atoms with Gasteiger partial charge in [0.2, 0.25) is 0 Å². The number of aryl methyl sites for hydroxylation is 2. The molecular formula is C15H19ClN2O2. The van der Waals surface area contributed by atoms with E-state index < -0.39 is 0 Å². The summed E-state index contributed by atoms with van der Waals surface area (Å²) >= 11 is 6.11. The molecule has 0 spiro atoms. The lowest BCUT2D eigenvalue weighted by atomic mass is 10.1.